The fourth-order valence-corrected chi connectivity index (χ4v) is 4.25. The molecule has 0 saturated carbocycles. The lowest BCUT2D eigenvalue weighted by Crippen LogP contribution is -2.15. The van der Waals surface area contributed by atoms with Crippen LogP contribution in [0.25, 0.3) is 0 Å². The van der Waals surface area contributed by atoms with Crippen LogP contribution < -0.4 is 14.8 Å². The minimum absolute atomic E-state index is 0.0704. The quantitative estimate of drug-likeness (QED) is 0.213. The Bertz CT molecular complexity index is 1110. The zero-order valence-electron chi connectivity index (χ0n) is 18.9. The highest BCUT2D eigenvalue weighted by Crippen LogP contribution is 2.22. The summed E-state index contributed by atoms with van der Waals surface area (Å²) in [6.45, 7) is 6.53. The van der Waals surface area contributed by atoms with Gasteiger partial charge in [0.05, 0.1) is 31.6 Å². The summed E-state index contributed by atoms with van der Waals surface area (Å²) < 4.78 is 17.7. The van der Waals surface area contributed by atoms with E-state index in [1.165, 1.54) is 23.1 Å². The number of amides is 1. The van der Waals surface area contributed by atoms with Gasteiger partial charge in [0.2, 0.25) is 5.91 Å². The van der Waals surface area contributed by atoms with Gasteiger partial charge < -0.3 is 19.5 Å². The first-order chi connectivity index (χ1) is 16.5. The molecular formula is C22H25N5O5S2. The molecule has 0 saturated heterocycles. The van der Waals surface area contributed by atoms with Crippen molar-refractivity contribution in [3.8, 4) is 11.5 Å². The number of thiazole rings is 1. The Morgan fingerprint density at radius 1 is 1.24 bits per heavy atom. The Labute approximate surface area is 205 Å². The van der Waals surface area contributed by atoms with Gasteiger partial charge in [0.1, 0.15) is 18.1 Å². The highest BCUT2D eigenvalue weighted by molar-refractivity contribution is 7.99. The lowest BCUT2D eigenvalue weighted by atomic mass is 10.3. The molecule has 0 aliphatic heterocycles. The third-order valence-corrected chi connectivity index (χ3v) is 6.07. The van der Waals surface area contributed by atoms with Crippen LogP contribution in [0.4, 0.5) is 5.13 Å². The molecule has 0 bridgehead atoms. The van der Waals surface area contributed by atoms with Gasteiger partial charge in [0, 0.05) is 11.9 Å². The fraction of sp³-hybridized carbons (Fsp3) is 0.318. The molecule has 3 aromatic rings. The van der Waals surface area contributed by atoms with Crippen LogP contribution in [0.3, 0.4) is 0 Å². The van der Waals surface area contributed by atoms with Crippen LogP contribution in [-0.2, 0) is 33.9 Å². The molecule has 1 aromatic carbocycles. The summed E-state index contributed by atoms with van der Waals surface area (Å²) >= 11 is 2.50. The summed E-state index contributed by atoms with van der Waals surface area (Å²) in [4.78, 5) is 28.2. The van der Waals surface area contributed by atoms with E-state index in [-0.39, 0.29) is 30.7 Å². The number of carbonyl (C=O) groups is 2. The second-order valence-electron chi connectivity index (χ2n) is 6.72. The second-order valence-corrected chi connectivity index (χ2v) is 8.53. The maximum absolute atomic E-state index is 12.4. The van der Waals surface area contributed by atoms with Crippen LogP contribution in [0.5, 0.6) is 11.5 Å². The number of anilines is 1. The summed E-state index contributed by atoms with van der Waals surface area (Å²) in [5.74, 6) is 1.55. The van der Waals surface area contributed by atoms with Crippen molar-refractivity contribution in [2.75, 3.05) is 24.8 Å². The van der Waals surface area contributed by atoms with Crippen LogP contribution in [-0.4, -0.2) is 51.1 Å². The Kier molecular flexibility index (Phi) is 9.47. The molecule has 180 valence electrons. The number of nitrogens with zero attached hydrogens (tertiary/aromatic N) is 4. The first kappa shape index (κ1) is 25.2. The van der Waals surface area contributed by atoms with E-state index in [0.29, 0.717) is 40.7 Å². The molecule has 0 aliphatic rings. The number of benzene rings is 1. The number of thioether (sulfide) groups is 1. The van der Waals surface area contributed by atoms with E-state index < -0.39 is 0 Å². The Morgan fingerprint density at radius 3 is 2.71 bits per heavy atom. The number of esters is 1. The summed E-state index contributed by atoms with van der Waals surface area (Å²) in [6, 6.07) is 7.24. The highest BCUT2D eigenvalue weighted by Gasteiger charge is 2.15. The Hall–Kier alpha value is -3.38. The lowest BCUT2D eigenvalue weighted by Gasteiger charge is -2.09. The monoisotopic (exact) mass is 503 g/mol. The molecule has 2 aromatic heterocycles. The molecule has 0 radical (unpaired) electrons. The molecule has 1 N–H and O–H groups in total. The predicted octanol–water partition coefficient (Wildman–Crippen LogP) is 3.34. The lowest BCUT2D eigenvalue weighted by molar-refractivity contribution is -0.142. The summed E-state index contributed by atoms with van der Waals surface area (Å²) in [5, 5.41) is 13.8. The second kappa shape index (κ2) is 12.8. The van der Waals surface area contributed by atoms with Crippen molar-refractivity contribution in [1.82, 2.24) is 19.7 Å². The zero-order chi connectivity index (χ0) is 24.3. The number of rotatable bonds is 13. The molecule has 0 unspecified atom stereocenters. The van der Waals surface area contributed by atoms with Crippen molar-refractivity contribution in [2.45, 2.75) is 31.7 Å². The predicted molar refractivity (Wildman–Crippen MR) is 129 cm³/mol. The van der Waals surface area contributed by atoms with Crippen LogP contribution in [0.1, 0.15) is 18.4 Å². The summed E-state index contributed by atoms with van der Waals surface area (Å²) in [7, 11) is 1.60. The number of aromatic nitrogens is 4. The molecular weight excluding hydrogens is 478 g/mol. The molecule has 0 spiro atoms. The molecule has 12 heteroatoms. The van der Waals surface area contributed by atoms with Gasteiger partial charge in [-0.1, -0.05) is 17.8 Å². The normalized spacial score (nSPS) is 10.5. The number of ether oxygens (including phenoxy) is 3. The van der Waals surface area contributed by atoms with Gasteiger partial charge in [-0.3, -0.25) is 14.2 Å². The minimum atomic E-state index is -0.352. The number of allylic oxidation sites excluding steroid dienone is 1. The Morgan fingerprint density at radius 2 is 2.00 bits per heavy atom. The van der Waals surface area contributed by atoms with Crippen LogP contribution in [0, 0.1) is 0 Å². The number of nitrogens with one attached hydrogen (secondary N) is 1. The molecule has 3 rings (SSSR count). The van der Waals surface area contributed by atoms with E-state index in [9.17, 15) is 9.59 Å². The van der Waals surface area contributed by atoms with Crippen molar-refractivity contribution in [1.29, 1.82) is 0 Å². The molecule has 10 nitrogen and oxygen atoms in total. The van der Waals surface area contributed by atoms with E-state index in [1.54, 1.807) is 25.5 Å². The van der Waals surface area contributed by atoms with Gasteiger partial charge in [0.25, 0.3) is 0 Å². The molecule has 1 amide bonds. The van der Waals surface area contributed by atoms with Crippen LogP contribution in [0.15, 0.2) is 47.5 Å². The van der Waals surface area contributed by atoms with Crippen molar-refractivity contribution in [3.63, 3.8) is 0 Å². The van der Waals surface area contributed by atoms with Crippen LogP contribution in [0.2, 0.25) is 0 Å². The standard InChI is InChI=1S/C22H25N5O5S2/c1-4-10-27-18(12-32-17-8-6-16(30-3)7-9-17)25-26-22(27)34-14-19(28)24-21-23-15(13-33-21)11-20(29)31-5-2/h4,6-9,13H,1,5,10-12,14H2,2-3H3,(H,23,24,28). The minimum Gasteiger partial charge on any atom is -0.497 e. The maximum atomic E-state index is 12.4. The zero-order valence-corrected chi connectivity index (χ0v) is 20.5. The van der Waals surface area contributed by atoms with E-state index in [0.717, 1.165) is 5.75 Å². The third-order valence-electron chi connectivity index (χ3n) is 4.29. The summed E-state index contributed by atoms with van der Waals surface area (Å²) in [6.07, 6.45) is 1.80. The van der Waals surface area contributed by atoms with Gasteiger partial charge in [-0.05, 0) is 31.2 Å². The van der Waals surface area contributed by atoms with Crippen molar-refractivity contribution in [3.05, 3.63) is 53.8 Å². The molecule has 2 heterocycles. The SMILES string of the molecule is C=CCn1c(COc2ccc(OC)cc2)nnc1SCC(=O)Nc1nc(CC(=O)OCC)cs1. The van der Waals surface area contributed by atoms with E-state index in [1.807, 2.05) is 28.8 Å². The third kappa shape index (κ3) is 7.32. The smallest absolute Gasteiger partial charge is 0.311 e. The van der Waals surface area contributed by atoms with Crippen molar-refractivity contribution < 1.29 is 23.8 Å². The number of hydrogen-bond acceptors (Lipinski definition) is 10. The maximum Gasteiger partial charge on any atom is 0.311 e. The van der Waals surface area contributed by atoms with Gasteiger partial charge >= 0.3 is 5.97 Å². The molecule has 34 heavy (non-hydrogen) atoms. The van der Waals surface area contributed by atoms with E-state index in [2.05, 4.69) is 27.1 Å². The van der Waals surface area contributed by atoms with Gasteiger partial charge in [-0.15, -0.1) is 28.1 Å². The van der Waals surface area contributed by atoms with Gasteiger partial charge in [0.15, 0.2) is 16.1 Å². The summed E-state index contributed by atoms with van der Waals surface area (Å²) in [5.41, 5.74) is 0.554. The van der Waals surface area contributed by atoms with Crippen molar-refractivity contribution >= 4 is 40.1 Å². The average Bonchev–Trinajstić information content (AvgIpc) is 3.43. The Balaban J connectivity index is 1.54. The van der Waals surface area contributed by atoms with Crippen molar-refractivity contribution in [2.24, 2.45) is 0 Å². The number of hydrogen-bond donors (Lipinski definition) is 1. The largest absolute Gasteiger partial charge is 0.497 e. The average molecular weight is 504 g/mol. The fourth-order valence-electron chi connectivity index (χ4n) is 2.76. The topological polar surface area (TPSA) is 117 Å². The van der Waals surface area contributed by atoms with Crippen LogP contribution >= 0.6 is 23.1 Å². The first-order valence-corrected chi connectivity index (χ1v) is 12.2. The number of methoxy groups -OCH3 is 1. The van der Waals surface area contributed by atoms with E-state index in [4.69, 9.17) is 14.2 Å². The number of carbonyl (C=O) groups excluding carboxylic acids is 2. The molecule has 0 fully saturated rings. The molecule has 0 aliphatic carbocycles. The molecule has 0 atom stereocenters. The van der Waals surface area contributed by atoms with Gasteiger partial charge in [-0.25, -0.2) is 4.98 Å². The first-order valence-electron chi connectivity index (χ1n) is 10.3. The van der Waals surface area contributed by atoms with Gasteiger partial charge in [-0.2, -0.15) is 0 Å². The van der Waals surface area contributed by atoms with E-state index >= 15 is 0 Å². The highest BCUT2D eigenvalue weighted by atomic mass is 32.2.